The maximum atomic E-state index is 12.7. The van der Waals surface area contributed by atoms with Gasteiger partial charge >= 0.3 is 0 Å². The van der Waals surface area contributed by atoms with Crippen LogP contribution in [0.5, 0.6) is 0 Å². The quantitative estimate of drug-likeness (QED) is 0.309. The normalized spacial score (nSPS) is 29.5. The van der Waals surface area contributed by atoms with E-state index in [0.717, 1.165) is 50.5 Å². The number of piperidine rings is 1. The van der Waals surface area contributed by atoms with E-state index in [2.05, 4.69) is 32.0 Å². The minimum absolute atomic E-state index is 0.0876. The van der Waals surface area contributed by atoms with Crippen LogP contribution in [-0.2, 0) is 6.54 Å². The Morgan fingerprint density at radius 1 is 1.10 bits per heavy atom. The molecule has 3 N–H and O–H groups in total. The molecule has 7 nitrogen and oxygen atoms in total. The number of nitrogens with zero attached hydrogens (tertiary/aromatic N) is 4. The first-order valence-electron chi connectivity index (χ1n) is 15.1. The van der Waals surface area contributed by atoms with E-state index >= 15 is 0 Å². The first kappa shape index (κ1) is 28.6. The smallest absolute Gasteiger partial charge is 0.251 e. The topological polar surface area (TPSA) is 88.9 Å². The Labute approximate surface area is 246 Å². The number of halogens is 3. The number of likely N-dealkylation sites (tertiary alicyclic amines) is 1. The molecule has 1 aromatic heterocycles. The van der Waals surface area contributed by atoms with Crippen molar-refractivity contribution in [3.8, 4) is 6.07 Å². The molecule has 41 heavy (non-hydrogen) atoms. The predicted molar refractivity (Wildman–Crippen MR) is 157 cm³/mol. The van der Waals surface area contributed by atoms with Crippen LogP contribution in [0.4, 0.5) is 20.5 Å². The summed E-state index contributed by atoms with van der Waals surface area (Å²) >= 11 is 6.29. The van der Waals surface area contributed by atoms with Crippen molar-refractivity contribution in [2.45, 2.75) is 64.0 Å². The van der Waals surface area contributed by atoms with E-state index in [9.17, 15) is 14.0 Å². The molecule has 4 aliphatic carbocycles. The molecule has 2 aromatic rings. The van der Waals surface area contributed by atoms with E-state index in [1.807, 2.05) is 29.2 Å². The zero-order valence-electron chi connectivity index (χ0n) is 23.5. The van der Waals surface area contributed by atoms with E-state index < -0.39 is 6.43 Å². The van der Waals surface area contributed by atoms with E-state index in [0.29, 0.717) is 52.7 Å². The van der Waals surface area contributed by atoms with Crippen LogP contribution in [0.15, 0.2) is 30.5 Å². The maximum absolute atomic E-state index is 12.7. The van der Waals surface area contributed by atoms with Gasteiger partial charge in [-0.2, -0.15) is 10.2 Å². The Bertz CT molecular complexity index is 1230. The monoisotopic (exact) mass is 583 g/mol. The summed E-state index contributed by atoms with van der Waals surface area (Å²) in [6.45, 7) is 3.82. The third kappa shape index (κ3) is 6.60. The van der Waals surface area contributed by atoms with Gasteiger partial charge in [-0.1, -0.05) is 29.8 Å². The van der Waals surface area contributed by atoms with Crippen molar-refractivity contribution in [2.24, 2.45) is 29.1 Å². The number of anilines is 2. The molecule has 0 amide bonds. The van der Waals surface area contributed by atoms with Crippen LogP contribution in [0.3, 0.4) is 0 Å². The number of hydrogen-bond donors (Lipinski definition) is 3. The van der Waals surface area contributed by atoms with Gasteiger partial charge in [0.15, 0.2) is 0 Å². The van der Waals surface area contributed by atoms with Crippen molar-refractivity contribution < 1.29 is 8.78 Å². The minimum Gasteiger partial charge on any atom is -0.368 e. The van der Waals surface area contributed by atoms with Crippen molar-refractivity contribution >= 4 is 23.4 Å². The molecule has 0 spiro atoms. The van der Waals surface area contributed by atoms with Crippen molar-refractivity contribution in [3.63, 3.8) is 0 Å². The molecule has 7 rings (SSSR count). The highest BCUT2D eigenvalue weighted by molar-refractivity contribution is 6.31. The highest BCUT2D eigenvalue weighted by Gasteiger charge is 2.55. The Kier molecular flexibility index (Phi) is 8.62. The Hall–Kier alpha value is -2.54. The van der Waals surface area contributed by atoms with E-state index in [-0.39, 0.29) is 12.0 Å². The van der Waals surface area contributed by atoms with Gasteiger partial charge in [0.05, 0.1) is 12.7 Å². The highest BCUT2D eigenvalue weighted by atomic mass is 35.5. The summed E-state index contributed by atoms with van der Waals surface area (Å²) in [5.74, 6) is 3.78. The molecule has 5 fully saturated rings. The van der Waals surface area contributed by atoms with Gasteiger partial charge < -0.3 is 16.0 Å². The first-order valence-corrected chi connectivity index (χ1v) is 15.5. The van der Waals surface area contributed by atoms with Crippen LogP contribution in [0, 0.1) is 40.4 Å². The molecule has 2 heterocycles. The summed E-state index contributed by atoms with van der Waals surface area (Å²) in [6, 6.07) is 10.5. The number of rotatable bonds is 11. The first-order chi connectivity index (χ1) is 19.9. The predicted octanol–water partition coefficient (Wildman–Crippen LogP) is 5.79. The number of aromatic nitrogens is 2. The van der Waals surface area contributed by atoms with Gasteiger partial charge in [-0.05, 0) is 105 Å². The van der Waals surface area contributed by atoms with Gasteiger partial charge in [0, 0.05) is 24.2 Å². The van der Waals surface area contributed by atoms with Gasteiger partial charge in [-0.15, -0.1) is 0 Å². The van der Waals surface area contributed by atoms with E-state index in [1.54, 1.807) is 6.20 Å². The summed E-state index contributed by atoms with van der Waals surface area (Å²) in [5, 5.41) is 21.2. The highest BCUT2D eigenvalue weighted by Crippen LogP contribution is 2.60. The number of nitrogens with one attached hydrogen (secondary N) is 3. The molecule has 4 saturated carbocycles. The molecule has 5 atom stereocenters. The maximum Gasteiger partial charge on any atom is 0.251 e. The van der Waals surface area contributed by atoms with Gasteiger partial charge in [-0.25, -0.2) is 13.8 Å². The van der Waals surface area contributed by atoms with E-state index in [1.165, 1.54) is 32.1 Å². The van der Waals surface area contributed by atoms with Crippen molar-refractivity contribution in [1.82, 2.24) is 20.2 Å². The average molecular weight is 584 g/mol. The fraction of sp³-hybridized carbons (Fsp3) is 0.645. The molecule has 3 unspecified atom stereocenters. The molecular formula is C31H40ClF2N7. The molecule has 5 aliphatic rings. The number of nitriles is 1. The fourth-order valence-electron chi connectivity index (χ4n) is 8.38. The summed E-state index contributed by atoms with van der Waals surface area (Å²) in [4.78, 5) is 10.9. The van der Waals surface area contributed by atoms with Gasteiger partial charge in [-0.3, -0.25) is 4.90 Å². The summed E-state index contributed by atoms with van der Waals surface area (Å²) in [6.07, 6.45) is 7.60. The second-order valence-electron chi connectivity index (χ2n) is 12.9. The van der Waals surface area contributed by atoms with Crippen LogP contribution < -0.4 is 16.0 Å². The second-order valence-corrected chi connectivity index (χ2v) is 13.3. The Morgan fingerprint density at radius 2 is 1.85 bits per heavy atom. The average Bonchev–Trinajstić information content (AvgIpc) is 2.95. The van der Waals surface area contributed by atoms with Crippen LogP contribution in [-0.4, -0.2) is 60.1 Å². The third-order valence-electron chi connectivity index (χ3n) is 10.1. The molecule has 10 heteroatoms. The number of hydrogen-bond acceptors (Lipinski definition) is 7. The van der Waals surface area contributed by atoms with Gasteiger partial charge in [0.25, 0.3) is 6.43 Å². The van der Waals surface area contributed by atoms with Crippen molar-refractivity contribution in [2.75, 3.05) is 43.4 Å². The second kappa shape index (κ2) is 12.4. The molecule has 1 saturated heterocycles. The third-order valence-corrected chi connectivity index (χ3v) is 10.4. The van der Waals surface area contributed by atoms with Gasteiger partial charge in [0.2, 0.25) is 5.95 Å². The molecular weight excluding hydrogens is 544 g/mol. The molecule has 0 radical (unpaired) electrons. The minimum atomic E-state index is -2.24. The largest absolute Gasteiger partial charge is 0.368 e. The van der Waals surface area contributed by atoms with Crippen LogP contribution in [0.2, 0.25) is 5.02 Å². The summed E-state index contributed by atoms with van der Waals surface area (Å²) in [5.41, 5.74) is 1.65. The van der Waals surface area contributed by atoms with Gasteiger partial charge in [0.1, 0.15) is 17.5 Å². The number of benzene rings is 1. The van der Waals surface area contributed by atoms with E-state index in [4.69, 9.17) is 11.6 Å². The number of alkyl halides is 2. The molecule has 4 bridgehead atoms. The fourth-order valence-corrected chi connectivity index (χ4v) is 8.59. The summed E-state index contributed by atoms with van der Waals surface area (Å²) < 4.78 is 25.5. The zero-order valence-corrected chi connectivity index (χ0v) is 24.2. The lowest BCUT2D eigenvalue weighted by Gasteiger charge is -2.60. The molecule has 1 aromatic carbocycles. The lowest BCUT2D eigenvalue weighted by Crippen LogP contribution is -2.60. The zero-order chi connectivity index (χ0) is 28.4. The van der Waals surface area contributed by atoms with Crippen LogP contribution in [0.25, 0.3) is 0 Å². The molecule has 220 valence electrons. The summed E-state index contributed by atoms with van der Waals surface area (Å²) in [7, 11) is 0. The molecule has 1 aliphatic heterocycles. The Balaban J connectivity index is 1.04. The Morgan fingerprint density at radius 3 is 2.56 bits per heavy atom. The lowest BCUT2D eigenvalue weighted by molar-refractivity contribution is -0.0704. The van der Waals surface area contributed by atoms with Crippen LogP contribution in [0.1, 0.15) is 56.1 Å². The standard InChI is InChI=1S/C31H40ClF2N7/c32-26-4-2-1-3-22(26)16-37-30-38-17-25(14-35)29(40-30)39-19-31-11-21-9-23(12-31)28(24(10-21)13-31)36-15-20-5-7-41(8-6-20)18-27(33)34/h1-4,17,20-21,23-24,27-28,36H,5-13,15-16,18-19H2,(H2,37,38,39,40)/t21?,23-,24+,28?,31?. The van der Waals surface area contributed by atoms with Crippen molar-refractivity contribution in [1.29, 1.82) is 5.26 Å². The lowest BCUT2D eigenvalue weighted by atomic mass is 9.48. The SMILES string of the molecule is N#Cc1cnc(NCc2ccccc2Cl)nc1NCC12CC3C[C@H](C1)C(NCC1CCN(CC(F)F)CC1)[C@@H](C3)C2. The van der Waals surface area contributed by atoms with Crippen molar-refractivity contribution in [3.05, 3.63) is 46.6 Å². The van der Waals surface area contributed by atoms with Crippen LogP contribution >= 0.6 is 11.6 Å².